The summed E-state index contributed by atoms with van der Waals surface area (Å²) in [6, 6.07) is 12.3. The number of carbonyl (C=O) groups is 1. The van der Waals surface area contributed by atoms with Gasteiger partial charge in [-0.1, -0.05) is 12.1 Å². The minimum Gasteiger partial charge on any atom is -0.336 e. The molecule has 0 radical (unpaired) electrons. The first kappa shape index (κ1) is 19.1. The van der Waals surface area contributed by atoms with E-state index in [0.29, 0.717) is 25.6 Å². The fraction of sp³-hybridized carbons (Fsp3) is 0.455. The molecule has 148 valence electrons. The topological polar surface area (TPSA) is 54.3 Å². The van der Waals surface area contributed by atoms with Crippen LogP contribution in [0.25, 0.3) is 11.1 Å². The van der Waals surface area contributed by atoms with Crippen LogP contribution in [-0.4, -0.2) is 40.9 Å². The molecule has 1 aromatic carbocycles. The average Bonchev–Trinajstić information content (AvgIpc) is 2.68. The van der Waals surface area contributed by atoms with Crippen molar-refractivity contribution in [3.8, 4) is 11.1 Å². The van der Waals surface area contributed by atoms with Crippen molar-refractivity contribution in [1.29, 1.82) is 0 Å². The lowest BCUT2D eigenvalue weighted by Gasteiger charge is -2.43. The summed E-state index contributed by atoms with van der Waals surface area (Å²) in [6.07, 6.45) is 3.10. The van der Waals surface area contributed by atoms with E-state index in [0.717, 1.165) is 23.2 Å². The lowest BCUT2D eigenvalue weighted by atomic mass is 9.80. The van der Waals surface area contributed by atoms with Crippen molar-refractivity contribution in [3.63, 3.8) is 0 Å². The maximum atomic E-state index is 12.6. The van der Waals surface area contributed by atoms with Gasteiger partial charge < -0.3 is 14.8 Å². The molecule has 0 saturated carbocycles. The van der Waals surface area contributed by atoms with Gasteiger partial charge in [0.25, 0.3) is 5.56 Å². The molecule has 1 N–H and O–H groups in total. The highest BCUT2D eigenvalue weighted by atomic mass is 32.2. The van der Waals surface area contributed by atoms with Gasteiger partial charge in [-0.25, -0.2) is 4.79 Å². The Morgan fingerprint density at radius 1 is 1.11 bits per heavy atom. The van der Waals surface area contributed by atoms with Gasteiger partial charge in [-0.15, -0.1) is 11.8 Å². The predicted molar refractivity (Wildman–Crippen MR) is 114 cm³/mol. The van der Waals surface area contributed by atoms with Crippen molar-refractivity contribution < 1.29 is 4.79 Å². The van der Waals surface area contributed by atoms with Gasteiger partial charge in [0.05, 0.1) is 0 Å². The van der Waals surface area contributed by atoms with Gasteiger partial charge in [0.2, 0.25) is 0 Å². The molecule has 0 unspecified atom stereocenters. The van der Waals surface area contributed by atoms with Crippen LogP contribution in [0, 0.1) is 5.92 Å². The first-order valence-corrected chi connectivity index (χ1v) is 11.1. The SMILES string of the molecule is CSc1ccc(-c2ccc(=O)n3c2[C@@H]2C[C@@H](CN(C(=O)NC(C)C)C2)C3)cc1. The fourth-order valence-corrected chi connectivity index (χ4v) is 4.94. The fourth-order valence-electron chi connectivity index (χ4n) is 4.53. The standard InChI is InChI=1S/C22H27N3O2S/c1-14(2)23-22(27)24-11-15-10-17(13-24)21-19(8-9-20(26)25(21)12-15)16-4-6-18(28-3)7-5-16/h4-9,14-15,17H,10-13H2,1-3H3,(H,23,27)/t15-,17+/m0/s1. The number of hydrogen-bond donors (Lipinski definition) is 1. The van der Waals surface area contributed by atoms with Gasteiger partial charge >= 0.3 is 6.03 Å². The number of aromatic nitrogens is 1. The zero-order valence-corrected chi connectivity index (χ0v) is 17.5. The second-order valence-electron chi connectivity index (χ2n) is 8.12. The number of piperidine rings is 1. The van der Waals surface area contributed by atoms with Crippen LogP contribution in [-0.2, 0) is 6.54 Å². The Morgan fingerprint density at radius 3 is 2.54 bits per heavy atom. The van der Waals surface area contributed by atoms with Gasteiger partial charge in [-0.05, 0) is 56.2 Å². The Balaban J connectivity index is 1.72. The molecular weight excluding hydrogens is 370 g/mol. The normalized spacial score (nSPS) is 20.8. The number of rotatable bonds is 3. The van der Waals surface area contributed by atoms with Crippen molar-refractivity contribution in [2.75, 3.05) is 19.3 Å². The third kappa shape index (κ3) is 3.58. The largest absolute Gasteiger partial charge is 0.336 e. The van der Waals surface area contributed by atoms with Gasteiger partial charge in [0, 0.05) is 53.8 Å². The summed E-state index contributed by atoms with van der Waals surface area (Å²) in [4.78, 5) is 28.3. The maximum absolute atomic E-state index is 12.6. The second kappa shape index (κ2) is 7.66. The van der Waals surface area contributed by atoms with E-state index in [4.69, 9.17) is 0 Å². The molecule has 2 bridgehead atoms. The highest BCUT2D eigenvalue weighted by Crippen LogP contribution is 2.40. The summed E-state index contributed by atoms with van der Waals surface area (Å²) in [7, 11) is 0. The number of carbonyl (C=O) groups excluding carboxylic acids is 1. The number of nitrogens with one attached hydrogen (secondary N) is 1. The van der Waals surface area contributed by atoms with E-state index in [-0.39, 0.29) is 23.6 Å². The molecule has 1 saturated heterocycles. The molecule has 2 amide bonds. The highest BCUT2D eigenvalue weighted by molar-refractivity contribution is 7.98. The first-order chi connectivity index (χ1) is 13.5. The Kier molecular flexibility index (Phi) is 5.23. The minimum atomic E-state index is 0.00213. The molecule has 6 heteroatoms. The van der Waals surface area contributed by atoms with E-state index in [2.05, 4.69) is 35.8 Å². The molecule has 1 aromatic heterocycles. The van der Waals surface area contributed by atoms with Gasteiger partial charge in [0.1, 0.15) is 0 Å². The third-order valence-electron chi connectivity index (χ3n) is 5.69. The van der Waals surface area contributed by atoms with E-state index in [1.165, 1.54) is 4.90 Å². The lowest BCUT2D eigenvalue weighted by Crippen LogP contribution is -2.53. The lowest BCUT2D eigenvalue weighted by molar-refractivity contribution is 0.130. The number of amides is 2. The summed E-state index contributed by atoms with van der Waals surface area (Å²) in [5.74, 6) is 0.519. The Bertz CT molecular complexity index is 936. The second-order valence-corrected chi connectivity index (χ2v) is 9.00. The minimum absolute atomic E-state index is 0.00213. The van der Waals surface area contributed by atoms with Crippen LogP contribution in [0.4, 0.5) is 4.79 Å². The zero-order valence-electron chi connectivity index (χ0n) is 16.6. The number of thioether (sulfide) groups is 1. The molecule has 0 aliphatic carbocycles. The van der Waals surface area contributed by atoms with Gasteiger partial charge in [0.15, 0.2) is 0 Å². The predicted octanol–water partition coefficient (Wildman–Crippen LogP) is 3.77. The maximum Gasteiger partial charge on any atom is 0.317 e. The van der Waals surface area contributed by atoms with Gasteiger partial charge in [-0.3, -0.25) is 4.79 Å². The highest BCUT2D eigenvalue weighted by Gasteiger charge is 2.37. The summed E-state index contributed by atoms with van der Waals surface area (Å²) in [5.41, 5.74) is 3.39. The molecule has 3 heterocycles. The molecule has 2 aromatic rings. The monoisotopic (exact) mass is 397 g/mol. The molecule has 4 rings (SSSR count). The first-order valence-electron chi connectivity index (χ1n) is 9.90. The molecule has 2 aliphatic heterocycles. The Morgan fingerprint density at radius 2 is 1.86 bits per heavy atom. The molecule has 0 spiro atoms. The number of hydrogen-bond acceptors (Lipinski definition) is 3. The van der Waals surface area contributed by atoms with E-state index < -0.39 is 0 Å². The van der Waals surface area contributed by atoms with Crippen LogP contribution < -0.4 is 10.9 Å². The third-order valence-corrected chi connectivity index (χ3v) is 6.43. The van der Waals surface area contributed by atoms with E-state index in [9.17, 15) is 9.59 Å². The van der Waals surface area contributed by atoms with Crippen molar-refractivity contribution in [2.24, 2.45) is 5.92 Å². The number of urea groups is 1. The average molecular weight is 398 g/mol. The van der Waals surface area contributed by atoms with Crippen LogP contribution in [0.5, 0.6) is 0 Å². The summed E-state index contributed by atoms with van der Waals surface area (Å²) in [6.45, 7) is 6.02. The number of pyridine rings is 1. The number of benzene rings is 1. The number of likely N-dealkylation sites (tertiary alicyclic amines) is 1. The molecule has 2 atom stereocenters. The molecule has 28 heavy (non-hydrogen) atoms. The van der Waals surface area contributed by atoms with Crippen LogP contribution in [0.1, 0.15) is 31.9 Å². The number of nitrogens with zero attached hydrogens (tertiary/aromatic N) is 2. The Labute approximate surface area is 170 Å². The quantitative estimate of drug-likeness (QED) is 0.802. The summed E-state index contributed by atoms with van der Waals surface area (Å²) >= 11 is 1.72. The molecule has 2 aliphatic rings. The van der Waals surface area contributed by atoms with Gasteiger partial charge in [-0.2, -0.15) is 0 Å². The molecular formula is C22H27N3O2S. The molecule has 1 fully saturated rings. The van der Waals surface area contributed by atoms with Crippen LogP contribution >= 0.6 is 11.8 Å². The van der Waals surface area contributed by atoms with Crippen LogP contribution in [0.3, 0.4) is 0 Å². The summed E-state index contributed by atoms with van der Waals surface area (Å²) in [5, 5.41) is 3.01. The van der Waals surface area contributed by atoms with Crippen molar-refractivity contribution in [1.82, 2.24) is 14.8 Å². The summed E-state index contributed by atoms with van der Waals surface area (Å²) < 4.78 is 1.95. The van der Waals surface area contributed by atoms with Crippen LogP contribution in [0.15, 0.2) is 46.1 Å². The smallest absolute Gasteiger partial charge is 0.317 e. The number of fused-ring (bicyclic) bond motifs is 4. The Hall–Kier alpha value is -2.21. The van der Waals surface area contributed by atoms with E-state index >= 15 is 0 Å². The molecule has 5 nitrogen and oxygen atoms in total. The zero-order chi connectivity index (χ0) is 19.8. The van der Waals surface area contributed by atoms with E-state index in [1.807, 2.05) is 29.4 Å². The van der Waals surface area contributed by atoms with Crippen molar-refractivity contribution >= 4 is 17.8 Å². The van der Waals surface area contributed by atoms with Crippen molar-refractivity contribution in [3.05, 3.63) is 52.4 Å². The van der Waals surface area contributed by atoms with Crippen molar-refractivity contribution in [2.45, 2.75) is 43.7 Å². The van der Waals surface area contributed by atoms with E-state index in [1.54, 1.807) is 17.8 Å². The van der Waals surface area contributed by atoms with Crippen LogP contribution in [0.2, 0.25) is 0 Å².